The van der Waals surface area contributed by atoms with Crippen molar-refractivity contribution in [1.29, 1.82) is 0 Å². The molecule has 0 fully saturated rings. The van der Waals surface area contributed by atoms with Crippen LogP contribution in [0.1, 0.15) is 33.3 Å². The first kappa shape index (κ1) is 11.3. The fourth-order valence-corrected chi connectivity index (χ4v) is 2.34. The van der Waals surface area contributed by atoms with Crippen LogP contribution in [-0.2, 0) is 0 Å². The van der Waals surface area contributed by atoms with E-state index in [0.29, 0.717) is 0 Å². The van der Waals surface area contributed by atoms with Crippen LogP contribution in [0.25, 0.3) is 0 Å². The van der Waals surface area contributed by atoms with Crippen molar-refractivity contribution in [3.63, 3.8) is 0 Å². The summed E-state index contributed by atoms with van der Waals surface area (Å²) in [7, 11) is 2.14. The minimum absolute atomic E-state index is 0.00907. The summed E-state index contributed by atoms with van der Waals surface area (Å²) in [6, 6.07) is 10.4. The lowest BCUT2D eigenvalue weighted by atomic mass is 9.92. The zero-order chi connectivity index (χ0) is 12.0. The summed E-state index contributed by atoms with van der Waals surface area (Å²) >= 11 is 0. The van der Waals surface area contributed by atoms with Crippen LogP contribution in [0.4, 0.5) is 0 Å². The first-order valence-corrected chi connectivity index (χ1v) is 5.75. The molecule has 0 bridgehead atoms. The van der Waals surface area contributed by atoms with Gasteiger partial charge in [0.1, 0.15) is 5.66 Å². The number of aliphatic imine (C=N–C) groups is 1. The van der Waals surface area contributed by atoms with Gasteiger partial charge in [0.2, 0.25) is 0 Å². The van der Waals surface area contributed by atoms with E-state index in [1.54, 1.807) is 0 Å². The quantitative estimate of drug-likeness (QED) is 0.704. The topological polar surface area (TPSA) is 15.6 Å². The molecule has 2 rings (SSSR count). The molecule has 0 saturated carbocycles. The van der Waals surface area contributed by atoms with Gasteiger partial charge in [-0.05, 0) is 40.3 Å². The summed E-state index contributed by atoms with van der Waals surface area (Å²) in [5.41, 5.74) is 2.28. The Bertz CT molecular complexity index is 416. The lowest BCUT2D eigenvalue weighted by Gasteiger charge is -2.36. The van der Waals surface area contributed by atoms with Gasteiger partial charge in [-0.1, -0.05) is 30.3 Å². The molecule has 0 saturated heterocycles. The standard InChI is InChI=1S/C14H20N2/c1-13(2)12(11-9-7-6-8-10-11)15-14(3,4)16(13)5/h6-10H,1-5H3. The van der Waals surface area contributed by atoms with Gasteiger partial charge in [-0.15, -0.1) is 0 Å². The van der Waals surface area contributed by atoms with Crippen molar-refractivity contribution in [2.75, 3.05) is 7.05 Å². The van der Waals surface area contributed by atoms with Crippen LogP contribution in [0, 0.1) is 0 Å². The molecule has 0 atom stereocenters. The van der Waals surface area contributed by atoms with Crippen LogP contribution in [0.2, 0.25) is 0 Å². The highest BCUT2D eigenvalue weighted by atomic mass is 15.4. The van der Waals surface area contributed by atoms with E-state index in [1.807, 2.05) is 6.07 Å². The molecule has 0 N–H and O–H groups in total. The predicted molar refractivity (Wildman–Crippen MR) is 68.9 cm³/mol. The molecule has 1 heterocycles. The van der Waals surface area contributed by atoms with E-state index in [1.165, 1.54) is 11.3 Å². The fourth-order valence-electron chi connectivity index (χ4n) is 2.34. The number of likely N-dealkylation sites (N-methyl/N-ethyl adjacent to an activating group) is 1. The highest BCUT2D eigenvalue weighted by Crippen LogP contribution is 2.35. The average molecular weight is 216 g/mol. The van der Waals surface area contributed by atoms with E-state index in [0.717, 1.165) is 0 Å². The first-order chi connectivity index (χ1) is 7.36. The predicted octanol–water partition coefficient (Wildman–Crippen LogP) is 2.94. The van der Waals surface area contributed by atoms with E-state index < -0.39 is 0 Å². The molecule has 1 aromatic rings. The second-order valence-electron chi connectivity index (χ2n) is 5.44. The molecule has 0 radical (unpaired) electrons. The molecule has 1 aliphatic rings. The third kappa shape index (κ3) is 1.57. The highest BCUT2D eigenvalue weighted by Gasteiger charge is 2.44. The molecule has 2 nitrogen and oxygen atoms in total. The maximum absolute atomic E-state index is 4.87. The molecular formula is C14H20N2. The van der Waals surface area contributed by atoms with E-state index >= 15 is 0 Å². The number of hydrogen-bond donors (Lipinski definition) is 0. The van der Waals surface area contributed by atoms with E-state index in [4.69, 9.17) is 4.99 Å². The van der Waals surface area contributed by atoms with Crippen molar-refractivity contribution in [1.82, 2.24) is 4.90 Å². The zero-order valence-electron chi connectivity index (χ0n) is 10.8. The van der Waals surface area contributed by atoms with Crippen molar-refractivity contribution < 1.29 is 0 Å². The molecule has 0 spiro atoms. The smallest absolute Gasteiger partial charge is 0.108 e. The van der Waals surface area contributed by atoms with E-state index in [-0.39, 0.29) is 11.2 Å². The normalized spacial score (nSPS) is 23.2. The van der Waals surface area contributed by atoms with Crippen LogP contribution >= 0.6 is 0 Å². The van der Waals surface area contributed by atoms with Crippen molar-refractivity contribution in [3.05, 3.63) is 35.9 Å². The van der Waals surface area contributed by atoms with Crippen LogP contribution in [0.5, 0.6) is 0 Å². The SMILES string of the molecule is CN1C(C)(C)N=C(c2ccccc2)C1(C)C. The molecule has 1 aliphatic heterocycles. The molecule has 1 aromatic carbocycles. The summed E-state index contributed by atoms with van der Waals surface area (Å²) in [6.07, 6.45) is 0. The van der Waals surface area contributed by atoms with Crippen molar-refractivity contribution in [2.24, 2.45) is 4.99 Å². The minimum atomic E-state index is -0.116. The third-order valence-electron chi connectivity index (χ3n) is 3.67. The third-order valence-corrected chi connectivity index (χ3v) is 3.67. The summed E-state index contributed by atoms with van der Waals surface area (Å²) in [4.78, 5) is 7.19. The number of rotatable bonds is 1. The summed E-state index contributed by atoms with van der Waals surface area (Å²) in [6.45, 7) is 8.77. The van der Waals surface area contributed by atoms with Gasteiger partial charge >= 0.3 is 0 Å². The highest BCUT2D eigenvalue weighted by molar-refractivity contribution is 6.08. The van der Waals surface area contributed by atoms with Crippen LogP contribution in [-0.4, -0.2) is 28.9 Å². The molecule has 0 amide bonds. The number of nitrogens with zero attached hydrogens (tertiary/aromatic N) is 2. The maximum Gasteiger partial charge on any atom is 0.108 e. The first-order valence-electron chi connectivity index (χ1n) is 5.75. The van der Waals surface area contributed by atoms with E-state index in [2.05, 4.69) is 63.9 Å². The van der Waals surface area contributed by atoms with Gasteiger partial charge in [0, 0.05) is 0 Å². The van der Waals surface area contributed by atoms with Crippen molar-refractivity contribution in [2.45, 2.75) is 38.9 Å². The number of hydrogen-bond acceptors (Lipinski definition) is 2. The van der Waals surface area contributed by atoms with Crippen molar-refractivity contribution in [3.8, 4) is 0 Å². The van der Waals surface area contributed by atoms with Crippen LogP contribution < -0.4 is 0 Å². The molecule has 2 heteroatoms. The van der Waals surface area contributed by atoms with Gasteiger partial charge in [0.05, 0.1) is 11.3 Å². The molecule has 0 aromatic heterocycles. The lowest BCUT2D eigenvalue weighted by Crippen LogP contribution is -2.49. The Labute approximate surface area is 98.0 Å². The number of benzene rings is 1. The lowest BCUT2D eigenvalue weighted by molar-refractivity contribution is 0.120. The Morgan fingerprint density at radius 2 is 1.56 bits per heavy atom. The molecule has 16 heavy (non-hydrogen) atoms. The second-order valence-corrected chi connectivity index (χ2v) is 5.44. The molecule has 86 valence electrons. The van der Waals surface area contributed by atoms with Gasteiger partial charge in [-0.2, -0.15) is 0 Å². The van der Waals surface area contributed by atoms with Crippen LogP contribution in [0.3, 0.4) is 0 Å². The van der Waals surface area contributed by atoms with Gasteiger partial charge in [-0.3, -0.25) is 9.89 Å². The maximum atomic E-state index is 4.87. The minimum Gasteiger partial charge on any atom is -0.272 e. The zero-order valence-corrected chi connectivity index (χ0v) is 10.8. The summed E-state index contributed by atoms with van der Waals surface area (Å²) in [5, 5.41) is 0. The van der Waals surface area contributed by atoms with E-state index in [9.17, 15) is 0 Å². The Kier molecular flexibility index (Phi) is 2.43. The van der Waals surface area contributed by atoms with Crippen LogP contribution in [0.15, 0.2) is 35.3 Å². The molecular weight excluding hydrogens is 196 g/mol. The fraction of sp³-hybridized carbons (Fsp3) is 0.500. The molecule has 0 unspecified atom stereocenters. The van der Waals surface area contributed by atoms with Gasteiger partial charge in [0.15, 0.2) is 0 Å². The largest absolute Gasteiger partial charge is 0.272 e. The monoisotopic (exact) mass is 216 g/mol. The Balaban J connectivity index is 2.50. The second kappa shape index (κ2) is 3.42. The van der Waals surface area contributed by atoms with Gasteiger partial charge in [-0.25, -0.2) is 0 Å². The Morgan fingerprint density at radius 1 is 1.00 bits per heavy atom. The van der Waals surface area contributed by atoms with Gasteiger partial charge < -0.3 is 0 Å². The van der Waals surface area contributed by atoms with Crippen molar-refractivity contribution >= 4 is 5.71 Å². The summed E-state index contributed by atoms with van der Waals surface area (Å²) in [5.74, 6) is 0. The molecule has 0 aliphatic carbocycles. The Hall–Kier alpha value is -1.15. The Morgan fingerprint density at radius 3 is 2.00 bits per heavy atom. The summed E-state index contributed by atoms with van der Waals surface area (Å²) < 4.78 is 0. The average Bonchev–Trinajstić information content (AvgIpc) is 2.40. The van der Waals surface area contributed by atoms with Gasteiger partial charge in [0.25, 0.3) is 0 Å².